The molecule has 0 saturated carbocycles. The van der Waals surface area contributed by atoms with Gasteiger partial charge in [-0.1, -0.05) is 30.9 Å². The molecule has 6 nitrogen and oxygen atoms in total. The first-order chi connectivity index (χ1) is 9.40. The number of carbonyl (C=O) groups excluding carboxylic acids is 2. The standard InChI is InChI=1S/C14H19NO5/c1-4-6-11(7-5-2)9-20-14(19)15-12(10(3)16)8-13(17)18/h4-7,12H,1,8-9H2,2-3H3,(H,15,19)(H,17,18). The maximum absolute atomic E-state index is 11.5. The maximum Gasteiger partial charge on any atom is 0.408 e. The van der Waals surface area contributed by atoms with Crippen LogP contribution in [0.5, 0.6) is 0 Å². The molecule has 0 aliphatic carbocycles. The van der Waals surface area contributed by atoms with E-state index in [0.717, 1.165) is 5.57 Å². The lowest BCUT2D eigenvalue weighted by Gasteiger charge is -2.14. The Morgan fingerprint density at radius 1 is 1.40 bits per heavy atom. The smallest absolute Gasteiger partial charge is 0.408 e. The van der Waals surface area contributed by atoms with Gasteiger partial charge in [0.1, 0.15) is 12.6 Å². The van der Waals surface area contributed by atoms with Gasteiger partial charge >= 0.3 is 12.1 Å². The molecule has 0 bridgehead atoms. The summed E-state index contributed by atoms with van der Waals surface area (Å²) < 4.78 is 4.91. The first kappa shape index (κ1) is 17.6. The number of rotatable bonds is 8. The Hall–Kier alpha value is -2.37. The topological polar surface area (TPSA) is 92.7 Å². The van der Waals surface area contributed by atoms with Crippen LogP contribution in [0.4, 0.5) is 4.79 Å². The summed E-state index contributed by atoms with van der Waals surface area (Å²) >= 11 is 0. The number of allylic oxidation sites excluding steroid dienone is 3. The molecule has 0 aromatic heterocycles. The number of ether oxygens (including phenoxy) is 1. The number of amides is 1. The summed E-state index contributed by atoms with van der Waals surface area (Å²) in [6, 6.07) is -1.09. The van der Waals surface area contributed by atoms with Crippen molar-refractivity contribution in [3.8, 4) is 0 Å². The molecule has 0 radical (unpaired) electrons. The average Bonchev–Trinajstić information content (AvgIpc) is 2.35. The van der Waals surface area contributed by atoms with E-state index in [2.05, 4.69) is 11.9 Å². The molecule has 0 heterocycles. The first-order valence-electron chi connectivity index (χ1n) is 6.00. The number of nitrogens with one attached hydrogen (secondary N) is 1. The number of carboxylic acid groups (broad SMARTS) is 1. The van der Waals surface area contributed by atoms with E-state index in [1.165, 1.54) is 6.92 Å². The van der Waals surface area contributed by atoms with Crippen molar-refractivity contribution in [2.24, 2.45) is 0 Å². The molecular weight excluding hydrogens is 262 g/mol. The summed E-state index contributed by atoms with van der Waals surface area (Å²) in [5, 5.41) is 10.8. The number of alkyl carbamates (subject to hydrolysis) is 1. The largest absolute Gasteiger partial charge is 0.481 e. The summed E-state index contributed by atoms with van der Waals surface area (Å²) in [5.74, 6) is -1.62. The molecule has 0 aliphatic heterocycles. The fraction of sp³-hybridized carbons (Fsp3) is 0.357. The third kappa shape index (κ3) is 7.86. The Labute approximate surface area is 117 Å². The monoisotopic (exact) mass is 281 g/mol. The van der Waals surface area contributed by atoms with E-state index in [1.807, 2.05) is 6.92 Å². The van der Waals surface area contributed by atoms with Gasteiger partial charge in [0.15, 0.2) is 5.78 Å². The third-order valence-corrected chi connectivity index (χ3v) is 2.24. The van der Waals surface area contributed by atoms with E-state index in [9.17, 15) is 14.4 Å². The van der Waals surface area contributed by atoms with E-state index >= 15 is 0 Å². The second-order valence-corrected chi connectivity index (χ2v) is 3.96. The van der Waals surface area contributed by atoms with E-state index < -0.39 is 30.3 Å². The number of hydrogen-bond donors (Lipinski definition) is 2. The molecule has 2 N–H and O–H groups in total. The molecule has 110 valence electrons. The van der Waals surface area contributed by atoms with Crippen LogP contribution in [-0.4, -0.2) is 35.6 Å². The predicted octanol–water partition coefficient (Wildman–Crippen LogP) is 1.83. The van der Waals surface area contributed by atoms with E-state index in [0.29, 0.717) is 0 Å². The van der Waals surface area contributed by atoms with E-state index in [4.69, 9.17) is 9.84 Å². The van der Waals surface area contributed by atoms with Crippen molar-refractivity contribution < 1.29 is 24.2 Å². The summed E-state index contributed by atoms with van der Waals surface area (Å²) in [6.07, 6.45) is 5.43. The molecule has 0 saturated heterocycles. The van der Waals surface area contributed by atoms with Gasteiger partial charge in [0.25, 0.3) is 0 Å². The van der Waals surface area contributed by atoms with Crippen LogP contribution in [0.1, 0.15) is 20.3 Å². The molecule has 0 aromatic carbocycles. The molecule has 0 aliphatic rings. The number of aliphatic carboxylic acids is 1. The molecule has 1 unspecified atom stereocenters. The SMILES string of the molecule is C=CC=C(C=CC)COC(=O)NC(CC(=O)O)C(C)=O. The highest BCUT2D eigenvalue weighted by Gasteiger charge is 2.20. The minimum Gasteiger partial charge on any atom is -0.481 e. The van der Waals surface area contributed by atoms with Crippen LogP contribution in [0.15, 0.2) is 36.5 Å². The van der Waals surface area contributed by atoms with Crippen LogP contribution in [0, 0.1) is 0 Å². The van der Waals surface area contributed by atoms with Gasteiger partial charge in [0.05, 0.1) is 6.42 Å². The molecule has 6 heteroatoms. The molecule has 0 fully saturated rings. The number of hydrogen-bond acceptors (Lipinski definition) is 4. The second-order valence-electron chi connectivity index (χ2n) is 3.96. The van der Waals surface area contributed by atoms with Crippen LogP contribution in [0.25, 0.3) is 0 Å². The van der Waals surface area contributed by atoms with Gasteiger partial charge < -0.3 is 15.2 Å². The van der Waals surface area contributed by atoms with Crippen molar-refractivity contribution in [1.82, 2.24) is 5.32 Å². The molecule has 1 atom stereocenters. The highest BCUT2D eigenvalue weighted by Crippen LogP contribution is 2.00. The van der Waals surface area contributed by atoms with Crippen LogP contribution in [0.3, 0.4) is 0 Å². The highest BCUT2D eigenvalue weighted by molar-refractivity contribution is 5.89. The van der Waals surface area contributed by atoms with Crippen LogP contribution in [0.2, 0.25) is 0 Å². The lowest BCUT2D eigenvalue weighted by atomic mass is 10.1. The number of carbonyl (C=O) groups is 3. The lowest BCUT2D eigenvalue weighted by molar-refractivity contribution is -0.139. The Kier molecular flexibility index (Phi) is 8.41. The normalized spacial score (nSPS) is 12.8. The lowest BCUT2D eigenvalue weighted by Crippen LogP contribution is -2.41. The summed E-state index contributed by atoms with van der Waals surface area (Å²) in [5.41, 5.74) is 0.718. The Morgan fingerprint density at radius 2 is 2.05 bits per heavy atom. The molecule has 0 spiro atoms. The zero-order valence-corrected chi connectivity index (χ0v) is 11.6. The minimum absolute atomic E-state index is 0.000110. The van der Waals surface area contributed by atoms with Crippen molar-refractivity contribution in [3.05, 3.63) is 36.5 Å². The van der Waals surface area contributed by atoms with Crippen molar-refractivity contribution in [2.75, 3.05) is 6.61 Å². The second kappa shape index (κ2) is 9.55. The van der Waals surface area contributed by atoms with Gasteiger partial charge in [0, 0.05) is 0 Å². The molecule has 1 amide bonds. The van der Waals surface area contributed by atoms with E-state index in [1.54, 1.807) is 24.3 Å². The Bertz CT molecular complexity index is 437. The van der Waals surface area contributed by atoms with E-state index in [-0.39, 0.29) is 6.61 Å². The predicted molar refractivity (Wildman–Crippen MR) is 74.3 cm³/mol. The van der Waals surface area contributed by atoms with Crippen LogP contribution < -0.4 is 5.32 Å². The average molecular weight is 281 g/mol. The fourth-order valence-corrected chi connectivity index (χ4v) is 1.32. The van der Waals surface area contributed by atoms with Crippen molar-refractivity contribution in [1.29, 1.82) is 0 Å². The van der Waals surface area contributed by atoms with Gasteiger partial charge in [0.2, 0.25) is 0 Å². The Morgan fingerprint density at radius 3 is 2.50 bits per heavy atom. The third-order valence-electron chi connectivity index (χ3n) is 2.24. The first-order valence-corrected chi connectivity index (χ1v) is 6.00. The van der Waals surface area contributed by atoms with Gasteiger partial charge in [-0.3, -0.25) is 9.59 Å². The Balaban J connectivity index is 4.46. The zero-order chi connectivity index (χ0) is 15.5. The van der Waals surface area contributed by atoms with Crippen LogP contribution >= 0.6 is 0 Å². The molecule has 0 rings (SSSR count). The minimum atomic E-state index is -1.17. The summed E-state index contributed by atoms with van der Waals surface area (Å²) in [7, 11) is 0. The number of carboxylic acids is 1. The zero-order valence-electron chi connectivity index (χ0n) is 11.6. The number of Topliss-reactive ketones (excluding diaryl/α,β-unsaturated/α-hetero) is 1. The fourth-order valence-electron chi connectivity index (χ4n) is 1.32. The van der Waals surface area contributed by atoms with Crippen molar-refractivity contribution in [2.45, 2.75) is 26.3 Å². The van der Waals surface area contributed by atoms with Gasteiger partial charge in [-0.05, 0) is 19.4 Å². The van der Waals surface area contributed by atoms with Gasteiger partial charge in [-0.25, -0.2) is 4.79 Å². The highest BCUT2D eigenvalue weighted by atomic mass is 16.5. The summed E-state index contributed by atoms with van der Waals surface area (Å²) in [6.45, 7) is 6.56. The van der Waals surface area contributed by atoms with Gasteiger partial charge in [-0.2, -0.15) is 0 Å². The van der Waals surface area contributed by atoms with Crippen molar-refractivity contribution >= 4 is 17.8 Å². The van der Waals surface area contributed by atoms with Crippen molar-refractivity contribution in [3.63, 3.8) is 0 Å². The van der Waals surface area contributed by atoms with Gasteiger partial charge in [-0.15, -0.1) is 0 Å². The summed E-state index contributed by atoms with van der Waals surface area (Å²) in [4.78, 5) is 33.2. The quantitative estimate of drug-likeness (QED) is 0.662. The molecule has 0 aromatic rings. The number of ketones is 1. The molecular formula is C14H19NO5. The molecule has 20 heavy (non-hydrogen) atoms. The maximum atomic E-state index is 11.5. The van der Waals surface area contributed by atoms with Crippen LogP contribution in [-0.2, 0) is 14.3 Å².